The van der Waals surface area contributed by atoms with Crippen LogP contribution in [0.15, 0.2) is 30.3 Å². The van der Waals surface area contributed by atoms with Gasteiger partial charge in [-0.25, -0.2) is 0 Å². The molecule has 82 valence electrons. The van der Waals surface area contributed by atoms with Crippen LogP contribution in [0, 0.1) is 0 Å². The molecule has 0 amide bonds. The van der Waals surface area contributed by atoms with Crippen LogP contribution in [0.5, 0.6) is 0 Å². The molecule has 0 N–H and O–H groups in total. The minimum Gasteiger partial charge on any atom is -0.349 e. The van der Waals surface area contributed by atoms with E-state index in [0.29, 0.717) is 0 Å². The number of nitrogens with zero attached hydrogens (tertiary/aromatic N) is 1. The van der Waals surface area contributed by atoms with E-state index in [1.165, 1.54) is 5.56 Å². The quantitative estimate of drug-likeness (QED) is 0.746. The molecule has 15 heavy (non-hydrogen) atoms. The second-order valence-corrected chi connectivity index (χ2v) is 3.85. The minimum absolute atomic E-state index is 0.0429. The van der Waals surface area contributed by atoms with Crippen LogP contribution in [0.25, 0.3) is 0 Å². The van der Waals surface area contributed by atoms with Crippen molar-refractivity contribution < 1.29 is 9.47 Å². The number of hydrogen-bond donors (Lipinski definition) is 0. The van der Waals surface area contributed by atoms with Crippen LogP contribution in [-0.2, 0) is 16.0 Å². The third kappa shape index (κ3) is 3.30. The van der Waals surface area contributed by atoms with Gasteiger partial charge in [0, 0.05) is 13.1 Å². The molecule has 0 saturated carbocycles. The Kier molecular flexibility index (Phi) is 3.72. The maximum Gasteiger partial charge on any atom is 0.170 e. The average Bonchev–Trinajstić information content (AvgIpc) is 2.71. The van der Waals surface area contributed by atoms with Gasteiger partial charge in [-0.15, -0.1) is 0 Å². The number of rotatable bonds is 4. The molecule has 1 fully saturated rings. The first kappa shape index (κ1) is 10.6. The zero-order chi connectivity index (χ0) is 10.5. The molecule has 0 unspecified atom stereocenters. The molecular formula is C12H17NO2. The molecule has 0 bridgehead atoms. The number of hydrogen-bond acceptors (Lipinski definition) is 3. The molecule has 0 aromatic heterocycles. The Bertz CT molecular complexity index is 283. The van der Waals surface area contributed by atoms with Gasteiger partial charge in [-0.05, 0) is 12.6 Å². The van der Waals surface area contributed by atoms with E-state index in [9.17, 15) is 0 Å². The molecule has 1 aliphatic heterocycles. The largest absolute Gasteiger partial charge is 0.349 e. The summed E-state index contributed by atoms with van der Waals surface area (Å²) >= 11 is 0. The standard InChI is InChI=1S/C12H17NO2/c1-13(10-12-14-7-8-15-12)9-11-5-3-2-4-6-11/h2-6,12H,7-10H2,1H3. The lowest BCUT2D eigenvalue weighted by molar-refractivity contribution is -0.0592. The molecule has 1 heterocycles. The van der Waals surface area contributed by atoms with Gasteiger partial charge in [0.15, 0.2) is 6.29 Å². The first-order valence-electron chi connectivity index (χ1n) is 5.30. The second kappa shape index (κ2) is 5.26. The normalized spacial score (nSPS) is 17.5. The molecule has 0 atom stereocenters. The van der Waals surface area contributed by atoms with E-state index in [4.69, 9.17) is 9.47 Å². The van der Waals surface area contributed by atoms with Crippen molar-refractivity contribution in [3.05, 3.63) is 35.9 Å². The van der Waals surface area contributed by atoms with Gasteiger partial charge < -0.3 is 9.47 Å². The van der Waals surface area contributed by atoms with Crippen molar-refractivity contribution in [2.75, 3.05) is 26.8 Å². The molecule has 3 nitrogen and oxygen atoms in total. The fraction of sp³-hybridized carbons (Fsp3) is 0.500. The van der Waals surface area contributed by atoms with Crippen LogP contribution in [0.4, 0.5) is 0 Å². The first-order chi connectivity index (χ1) is 7.34. The van der Waals surface area contributed by atoms with Crippen molar-refractivity contribution in [1.82, 2.24) is 4.90 Å². The third-order valence-electron chi connectivity index (χ3n) is 2.45. The molecule has 0 spiro atoms. The lowest BCUT2D eigenvalue weighted by Crippen LogP contribution is -2.29. The summed E-state index contributed by atoms with van der Waals surface area (Å²) in [5, 5.41) is 0. The molecule has 1 aliphatic rings. The Morgan fingerprint density at radius 1 is 1.20 bits per heavy atom. The predicted octanol–water partition coefficient (Wildman–Crippen LogP) is 1.49. The monoisotopic (exact) mass is 207 g/mol. The van der Waals surface area contributed by atoms with E-state index in [-0.39, 0.29) is 6.29 Å². The summed E-state index contributed by atoms with van der Waals surface area (Å²) in [4.78, 5) is 2.21. The van der Waals surface area contributed by atoms with E-state index in [2.05, 4.69) is 36.2 Å². The summed E-state index contributed by atoms with van der Waals surface area (Å²) in [5.41, 5.74) is 1.32. The third-order valence-corrected chi connectivity index (χ3v) is 2.45. The van der Waals surface area contributed by atoms with Gasteiger partial charge in [0.25, 0.3) is 0 Å². The van der Waals surface area contributed by atoms with Gasteiger partial charge in [0.2, 0.25) is 0 Å². The van der Waals surface area contributed by atoms with Crippen molar-refractivity contribution in [3.63, 3.8) is 0 Å². The van der Waals surface area contributed by atoms with Crippen LogP contribution < -0.4 is 0 Å². The topological polar surface area (TPSA) is 21.7 Å². The summed E-state index contributed by atoms with van der Waals surface area (Å²) in [6, 6.07) is 10.4. The highest BCUT2D eigenvalue weighted by Gasteiger charge is 2.17. The van der Waals surface area contributed by atoms with Gasteiger partial charge in [0.05, 0.1) is 13.2 Å². The molecule has 0 aliphatic carbocycles. The Hall–Kier alpha value is -0.900. The van der Waals surface area contributed by atoms with Crippen LogP contribution in [0.2, 0.25) is 0 Å². The lowest BCUT2D eigenvalue weighted by Gasteiger charge is -2.19. The molecule has 3 heteroatoms. The summed E-state index contributed by atoms with van der Waals surface area (Å²) in [5.74, 6) is 0. The van der Waals surface area contributed by atoms with E-state index < -0.39 is 0 Å². The molecule has 1 saturated heterocycles. The zero-order valence-electron chi connectivity index (χ0n) is 9.06. The average molecular weight is 207 g/mol. The summed E-state index contributed by atoms with van der Waals surface area (Å²) in [7, 11) is 2.08. The fourth-order valence-corrected chi connectivity index (χ4v) is 1.73. The van der Waals surface area contributed by atoms with Crippen LogP contribution in [-0.4, -0.2) is 38.0 Å². The summed E-state index contributed by atoms with van der Waals surface area (Å²) in [6.07, 6.45) is -0.0429. The van der Waals surface area contributed by atoms with Gasteiger partial charge in [-0.3, -0.25) is 4.90 Å². The molecular weight excluding hydrogens is 190 g/mol. The van der Waals surface area contributed by atoms with Gasteiger partial charge in [-0.1, -0.05) is 30.3 Å². The first-order valence-corrected chi connectivity index (χ1v) is 5.30. The Balaban J connectivity index is 1.79. The van der Waals surface area contributed by atoms with E-state index >= 15 is 0 Å². The molecule has 1 aromatic rings. The number of likely N-dealkylation sites (N-methyl/N-ethyl adjacent to an activating group) is 1. The highest BCUT2D eigenvalue weighted by atomic mass is 16.7. The Labute approximate surface area is 90.6 Å². The second-order valence-electron chi connectivity index (χ2n) is 3.85. The van der Waals surface area contributed by atoms with E-state index in [0.717, 1.165) is 26.3 Å². The fourth-order valence-electron chi connectivity index (χ4n) is 1.73. The smallest absolute Gasteiger partial charge is 0.170 e. The summed E-state index contributed by atoms with van der Waals surface area (Å²) in [6.45, 7) is 3.21. The van der Waals surface area contributed by atoms with Crippen LogP contribution in [0.1, 0.15) is 5.56 Å². The van der Waals surface area contributed by atoms with Crippen molar-refractivity contribution in [3.8, 4) is 0 Å². The van der Waals surface area contributed by atoms with Gasteiger partial charge in [0.1, 0.15) is 0 Å². The van der Waals surface area contributed by atoms with Gasteiger partial charge >= 0.3 is 0 Å². The van der Waals surface area contributed by atoms with Crippen LogP contribution in [0.3, 0.4) is 0 Å². The number of ether oxygens (including phenoxy) is 2. The molecule has 0 radical (unpaired) electrons. The van der Waals surface area contributed by atoms with Crippen molar-refractivity contribution >= 4 is 0 Å². The zero-order valence-corrected chi connectivity index (χ0v) is 9.06. The SMILES string of the molecule is CN(Cc1ccccc1)CC1OCCO1. The maximum atomic E-state index is 5.40. The minimum atomic E-state index is -0.0429. The van der Waals surface area contributed by atoms with Gasteiger partial charge in [-0.2, -0.15) is 0 Å². The Morgan fingerprint density at radius 2 is 1.87 bits per heavy atom. The summed E-state index contributed by atoms with van der Waals surface area (Å²) < 4.78 is 10.8. The predicted molar refractivity (Wildman–Crippen MR) is 58.5 cm³/mol. The van der Waals surface area contributed by atoms with Crippen molar-refractivity contribution in [1.29, 1.82) is 0 Å². The number of benzene rings is 1. The maximum absolute atomic E-state index is 5.40. The Morgan fingerprint density at radius 3 is 2.53 bits per heavy atom. The highest BCUT2D eigenvalue weighted by molar-refractivity contribution is 5.14. The van der Waals surface area contributed by atoms with Crippen molar-refractivity contribution in [2.24, 2.45) is 0 Å². The highest BCUT2D eigenvalue weighted by Crippen LogP contribution is 2.08. The molecule has 2 rings (SSSR count). The molecule has 1 aromatic carbocycles. The van der Waals surface area contributed by atoms with E-state index in [1.807, 2.05) is 6.07 Å². The van der Waals surface area contributed by atoms with Crippen LogP contribution >= 0.6 is 0 Å². The van der Waals surface area contributed by atoms with E-state index in [1.54, 1.807) is 0 Å². The lowest BCUT2D eigenvalue weighted by atomic mass is 10.2. The van der Waals surface area contributed by atoms with Crippen molar-refractivity contribution in [2.45, 2.75) is 12.8 Å².